The highest BCUT2D eigenvalue weighted by Gasteiger charge is 2.18. The van der Waals surface area contributed by atoms with Gasteiger partial charge in [0.25, 0.3) is 0 Å². The summed E-state index contributed by atoms with van der Waals surface area (Å²) in [6.07, 6.45) is 1.09. The van der Waals surface area contributed by atoms with Crippen molar-refractivity contribution in [2.45, 2.75) is 31.3 Å². The van der Waals surface area contributed by atoms with Crippen LogP contribution in [0.2, 0.25) is 5.02 Å². The van der Waals surface area contributed by atoms with Crippen LogP contribution in [-0.2, 0) is 22.1 Å². The second-order valence-corrected chi connectivity index (χ2v) is 8.04. The van der Waals surface area contributed by atoms with Crippen LogP contribution in [0.3, 0.4) is 0 Å². The Labute approximate surface area is 160 Å². The second-order valence-electron chi connectivity index (χ2n) is 6.06. The molecule has 26 heavy (non-hydrogen) atoms. The van der Waals surface area contributed by atoms with Gasteiger partial charge in [0.05, 0.1) is 28.1 Å². The zero-order valence-corrected chi connectivity index (χ0v) is 16.0. The van der Waals surface area contributed by atoms with Crippen LogP contribution in [0.5, 0.6) is 5.75 Å². The number of hydrogen-bond donors (Lipinski definition) is 1. The van der Waals surface area contributed by atoms with Crippen LogP contribution in [0.4, 0.5) is 10.5 Å². The van der Waals surface area contributed by atoms with E-state index in [0.29, 0.717) is 28.8 Å². The molecule has 1 unspecified atom stereocenters. The first-order valence-electron chi connectivity index (χ1n) is 8.37. The smallest absolute Gasteiger partial charge is 0.411 e. The fraction of sp³-hybridized carbons (Fsp3) is 0.316. The Morgan fingerprint density at radius 2 is 2.00 bits per heavy atom. The molecule has 5 nitrogen and oxygen atoms in total. The number of anilines is 1. The van der Waals surface area contributed by atoms with Crippen LogP contribution in [0.25, 0.3) is 0 Å². The number of rotatable bonds is 7. The van der Waals surface area contributed by atoms with Crippen LogP contribution < -0.4 is 10.1 Å². The lowest BCUT2D eigenvalue weighted by molar-refractivity contribution is 0.151. The van der Waals surface area contributed by atoms with Crippen molar-refractivity contribution in [3.63, 3.8) is 0 Å². The number of halogens is 1. The van der Waals surface area contributed by atoms with Gasteiger partial charge in [0, 0.05) is 16.2 Å². The number of nitrogens with one attached hydrogen (secondary N) is 1. The van der Waals surface area contributed by atoms with Gasteiger partial charge in [-0.1, -0.05) is 29.3 Å². The van der Waals surface area contributed by atoms with Crippen LogP contribution in [0, 0.1) is 6.92 Å². The lowest BCUT2D eigenvalue weighted by Gasteiger charge is -2.19. The molecule has 0 spiro atoms. The number of amides is 1. The topological polar surface area (TPSA) is 64.6 Å². The average Bonchev–Trinajstić information content (AvgIpc) is 2.62. The molecule has 0 saturated carbocycles. The first kappa shape index (κ1) is 18.7. The van der Waals surface area contributed by atoms with Crippen molar-refractivity contribution in [1.29, 1.82) is 0 Å². The van der Waals surface area contributed by atoms with Gasteiger partial charge in [0.15, 0.2) is 0 Å². The molecule has 2 aromatic carbocycles. The first-order valence-corrected chi connectivity index (χ1v) is 10.1. The summed E-state index contributed by atoms with van der Waals surface area (Å²) in [6.45, 7) is 2.69. The number of fused-ring (bicyclic) bond motifs is 1. The number of hydrogen-bond acceptors (Lipinski definition) is 4. The van der Waals surface area contributed by atoms with E-state index >= 15 is 0 Å². The van der Waals surface area contributed by atoms with Crippen molar-refractivity contribution in [2.24, 2.45) is 0 Å². The van der Waals surface area contributed by atoms with Gasteiger partial charge in [-0.05, 0) is 44.0 Å². The van der Waals surface area contributed by atoms with E-state index in [0.717, 1.165) is 28.9 Å². The Kier molecular flexibility index (Phi) is 6.16. The molecule has 1 atom stereocenters. The summed E-state index contributed by atoms with van der Waals surface area (Å²) in [7, 11) is -0.988. The molecule has 1 heterocycles. The van der Waals surface area contributed by atoms with Gasteiger partial charge >= 0.3 is 6.09 Å². The third-order valence-corrected chi connectivity index (χ3v) is 5.77. The van der Waals surface area contributed by atoms with Gasteiger partial charge < -0.3 is 9.47 Å². The van der Waals surface area contributed by atoms with Gasteiger partial charge in [0.1, 0.15) is 12.4 Å². The van der Waals surface area contributed by atoms with Crippen LogP contribution in [0.1, 0.15) is 24.0 Å². The van der Waals surface area contributed by atoms with E-state index in [1.54, 1.807) is 12.1 Å². The highest BCUT2D eigenvalue weighted by atomic mass is 35.5. The lowest BCUT2D eigenvalue weighted by Crippen LogP contribution is -2.20. The van der Waals surface area contributed by atoms with E-state index < -0.39 is 16.9 Å². The fourth-order valence-electron chi connectivity index (χ4n) is 2.56. The summed E-state index contributed by atoms with van der Waals surface area (Å²) in [6, 6.07) is 11.2. The van der Waals surface area contributed by atoms with E-state index in [2.05, 4.69) is 5.32 Å². The number of carbonyl (C=O) groups excluding carboxylic acids is 1. The zero-order valence-electron chi connectivity index (χ0n) is 14.4. The summed E-state index contributed by atoms with van der Waals surface area (Å²) in [5, 5.41) is 3.04. The van der Waals surface area contributed by atoms with E-state index in [9.17, 15) is 9.00 Å². The average molecular weight is 394 g/mol. The Balaban J connectivity index is 1.46. The molecule has 1 aliphatic heterocycles. The maximum atomic E-state index is 12.2. The largest absolute Gasteiger partial charge is 0.492 e. The molecule has 3 rings (SSSR count). The Hall–Kier alpha value is -2.05. The van der Waals surface area contributed by atoms with Crippen molar-refractivity contribution >= 4 is 34.2 Å². The molecule has 1 aliphatic rings. The van der Waals surface area contributed by atoms with Crippen molar-refractivity contribution in [1.82, 2.24) is 0 Å². The molecule has 1 N–H and O–H groups in total. The van der Waals surface area contributed by atoms with Gasteiger partial charge in [-0.3, -0.25) is 9.53 Å². The predicted octanol–water partition coefficient (Wildman–Crippen LogP) is 4.68. The van der Waals surface area contributed by atoms with Crippen molar-refractivity contribution in [3.8, 4) is 5.75 Å². The van der Waals surface area contributed by atoms with Crippen molar-refractivity contribution in [3.05, 3.63) is 52.5 Å². The van der Waals surface area contributed by atoms with Crippen molar-refractivity contribution in [2.75, 3.05) is 17.7 Å². The van der Waals surface area contributed by atoms with Gasteiger partial charge in [-0.15, -0.1) is 0 Å². The minimum atomic E-state index is -0.988. The molecule has 0 fully saturated rings. The SMILES string of the molecule is Cc1ccc(S(=O)CCCCOc2cc3c(cc2Cl)NC(=O)OC3)cc1. The Morgan fingerprint density at radius 3 is 2.77 bits per heavy atom. The number of ether oxygens (including phenoxy) is 2. The Morgan fingerprint density at radius 1 is 1.23 bits per heavy atom. The van der Waals surface area contributed by atoms with Crippen LogP contribution in [-0.4, -0.2) is 22.7 Å². The number of carbonyl (C=O) groups is 1. The third kappa shape index (κ3) is 4.77. The molecule has 0 aromatic heterocycles. The van der Waals surface area contributed by atoms with E-state index in [1.165, 1.54) is 0 Å². The van der Waals surface area contributed by atoms with Gasteiger partial charge in [0.2, 0.25) is 0 Å². The van der Waals surface area contributed by atoms with Gasteiger partial charge in [-0.25, -0.2) is 4.79 Å². The molecular formula is C19H20ClNO4S. The van der Waals surface area contributed by atoms with E-state index in [-0.39, 0.29) is 6.61 Å². The van der Waals surface area contributed by atoms with E-state index in [1.807, 2.05) is 31.2 Å². The van der Waals surface area contributed by atoms with Crippen LogP contribution >= 0.6 is 11.6 Å². The number of aryl methyl sites for hydroxylation is 1. The van der Waals surface area contributed by atoms with Crippen LogP contribution in [0.15, 0.2) is 41.3 Å². The maximum Gasteiger partial charge on any atom is 0.411 e. The summed E-state index contributed by atoms with van der Waals surface area (Å²) in [4.78, 5) is 12.1. The highest BCUT2D eigenvalue weighted by molar-refractivity contribution is 7.85. The number of benzene rings is 2. The highest BCUT2D eigenvalue weighted by Crippen LogP contribution is 2.33. The van der Waals surface area contributed by atoms with Crippen molar-refractivity contribution < 1.29 is 18.5 Å². The number of unbranched alkanes of at least 4 members (excludes halogenated alkanes) is 1. The molecule has 2 aromatic rings. The molecule has 0 aliphatic carbocycles. The minimum Gasteiger partial charge on any atom is -0.492 e. The molecule has 138 valence electrons. The monoisotopic (exact) mass is 393 g/mol. The minimum absolute atomic E-state index is 0.199. The maximum absolute atomic E-state index is 12.2. The Bertz CT molecular complexity index is 823. The standard InChI is InChI=1S/C19H20ClNO4S/c1-13-4-6-15(7-5-13)26(23)9-3-2-8-24-18-10-14-12-25-19(22)21-17(14)11-16(18)20/h4-7,10-11H,2-3,8-9,12H2,1H3,(H,21,22). The lowest BCUT2D eigenvalue weighted by atomic mass is 10.1. The molecule has 1 amide bonds. The first-order chi connectivity index (χ1) is 12.5. The molecule has 7 heteroatoms. The molecule has 0 saturated heterocycles. The summed E-state index contributed by atoms with van der Waals surface area (Å²) < 4.78 is 22.9. The normalized spacial score (nSPS) is 14.2. The summed E-state index contributed by atoms with van der Waals surface area (Å²) in [5.41, 5.74) is 2.63. The fourth-order valence-corrected chi connectivity index (χ4v) is 3.92. The van der Waals surface area contributed by atoms with Gasteiger partial charge in [-0.2, -0.15) is 0 Å². The molecule has 0 bridgehead atoms. The van der Waals surface area contributed by atoms with E-state index in [4.69, 9.17) is 21.1 Å². The zero-order chi connectivity index (χ0) is 18.5. The quantitative estimate of drug-likeness (QED) is 0.694. The number of cyclic esters (lactones) is 1. The molecular weight excluding hydrogens is 374 g/mol. The second kappa shape index (κ2) is 8.56. The molecule has 0 radical (unpaired) electrons. The predicted molar refractivity (Wildman–Crippen MR) is 102 cm³/mol. The summed E-state index contributed by atoms with van der Waals surface area (Å²) >= 11 is 6.20. The third-order valence-electron chi connectivity index (χ3n) is 4.02. The summed E-state index contributed by atoms with van der Waals surface area (Å²) in [5.74, 6) is 1.16.